The molecule has 2 heterocycles. The first kappa shape index (κ1) is 15.0. The highest BCUT2D eigenvalue weighted by Gasteiger charge is 2.76. The van der Waals surface area contributed by atoms with Crippen molar-refractivity contribution in [1.29, 1.82) is 21.2 Å². The summed E-state index contributed by atoms with van der Waals surface area (Å²) in [6.45, 7) is 3.35. The van der Waals surface area contributed by atoms with Gasteiger partial charge in [0.05, 0.1) is 30.7 Å². The molecule has 0 amide bonds. The molecule has 1 aromatic rings. The van der Waals surface area contributed by atoms with Crippen molar-refractivity contribution in [3.05, 3.63) is 35.4 Å². The SMILES string of the molecule is Cc1ccc(C23OCC(C#N)(C#N)C(C#N)(C(=N)O2)C3C)cc1. The summed E-state index contributed by atoms with van der Waals surface area (Å²) in [5, 5.41) is 37.0. The Morgan fingerprint density at radius 2 is 1.74 bits per heavy atom. The third-order valence-electron chi connectivity index (χ3n) is 5.02. The number of hydrogen-bond acceptors (Lipinski definition) is 6. The fraction of sp³-hybridized carbons (Fsp3) is 0.412. The molecule has 0 aliphatic carbocycles. The number of nitrogens with zero attached hydrogens (tertiary/aromatic N) is 3. The molecule has 114 valence electrons. The summed E-state index contributed by atoms with van der Waals surface area (Å²) < 4.78 is 11.5. The van der Waals surface area contributed by atoms with E-state index < -0.39 is 22.5 Å². The van der Waals surface area contributed by atoms with Crippen LogP contribution in [0.25, 0.3) is 0 Å². The van der Waals surface area contributed by atoms with E-state index in [-0.39, 0.29) is 12.5 Å². The molecule has 3 rings (SSSR count). The lowest BCUT2D eigenvalue weighted by atomic mass is 9.57. The van der Waals surface area contributed by atoms with Crippen molar-refractivity contribution in [3.63, 3.8) is 0 Å². The molecule has 2 fully saturated rings. The molecular weight excluding hydrogens is 292 g/mol. The number of nitriles is 3. The molecule has 1 aromatic carbocycles. The predicted octanol–water partition coefficient (Wildman–Crippen LogP) is 2.37. The normalized spacial score (nSPS) is 33.9. The van der Waals surface area contributed by atoms with Crippen molar-refractivity contribution in [2.75, 3.05) is 6.61 Å². The van der Waals surface area contributed by atoms with E-state index in [2.05, 4.69) is 0 Å². The number of rotatable bonds is 1. The summed E-state index contributed by atoms with van der Waals surface area (Å²) in [4.78, 5) is 0. The summed E-state index contributed by atoms with van der Waals surface area (Å²) in [7, 11) is 0. The maximum Gasteiger partial charge on any atom is 0.243 e. The van der Waals surface area contributed by atoms with Gasteiger partial charge in [-0.25, -0.2) is 0 Å². The van der Waals surface area contributed by atoms with Gasteiger partial charge in [0.1, 0.15) is 0 Å². The molecule has 2 aliphatic heterocycles. The second-order valence-corrected chi connectivity index (χ2v) is 6.02. The Morgan fingerprint density at radius 3 is 2.26 bits per heavy atom. The number of fused-ring (bicyclic) bond motifs is 2. The lowest BCUT2D eigenvalue weighted by molar-refractivity contribution is -0.252. The van der Waals surface area contributed by atoms with E-state index in [0.717, 1.165) is 5.56 Å². The summed E-state index contributed by atoms with van der Waals surface area (Å²) in [6.07, 6.45) is 0. The van der Waals surface area contributed by atoms with Gasteiger partial charge in [-0.05, 0) is 6.92 Å². The largest absolute Gasteiger partial charge is 0.443 e. The first-order chi connectivity index (χ1) is 10.9. The van der Waals surface area contributed by atoms with Crippen molar-refractivity contribution < 1.29 is 9.47 Å². The molecule has 0 saturated carbocycles. The molecule has 2 aliphatic rings. The third-order valence-corrected chi connectivity index (χ3v) is 5.02. The highest BCUT2D eigenvalue weighted by Crippen LogP contribution is 2.63. The number of ether oxygens (including phenoxy) is 2. The Kier molecular flexibility index (Phi) is 2.98. The Bertz CT molecular complexity index is 797. The van der Waals surface area contributed by atoms with Crippen LogP contribution < -0.4 is 0 Å². The molecule has 3 atom stereocenters. The monoisotopic (exact) mass is 306 g/mol. The predicted molar refractivity (Wildman–Crippen MR) is 78.5 cm³/mol. The van der Waals surface area contributed by atoms with E-state index in [4.69, 9.17) is 14.9 Å². The number of benzene rings is 1. The minimum atomic E-state index is -1.76. The van der Waals surface area contributed by atoms with Crippen molar-refractivity contribution in [1.82, 2.24) is 0 Å². The van der Waals surface area contributed by atoms with Gasteiger partial charge >= 0.3 is 0 Å². The molecule has 0 spiro atoms. The lowest BCUT2D eigenvalue weighted by Gasteiger charge is -2.44. The van der Waals surface area contributed by atoms with Gasteiger partial charge in [0.15, 0.2) is 10.8 Å². The maximum atomic E-state index is 9.78. The zero-order valence-electron chi connectivity index (χ0n) is 12.8. The zero-order chi connectivity index (χ0) is 16.9. The van der Waals surface area contributed by atoms with E-state index in [1.807, 2.05) is 49.4 Å². The van der Waals surface area contributed by atoms with Crippen LogP contribution in [0, 0.1) is 63.1 Å². The van der Waals surface area contributed by atoms with Gasteiger partial charge in [0, 0.05) is 5.56 Å². The van der Waals surface area contributed by atoms with Gasteiger partial charge in [-0.1, -0.05) is 36.8 Å². The van der Waals surface area contributed by atoms with Crippen LogP contribution in [-0.4, -0.2) is 12.5 Å². The summed E-state index contributed by atoms with van der Waals surface area (Å²) >= 11 is 0. The van der Waals surface area contributed by atoms with Crippen molar-refractivity contribution >= 4 is 5.90 Å². The third kappa shape index (κ3) is 1.50. The van der Waals surface area contributed by atoms with Crippen LogP contribution in [0.1, 0.15) is 18.1 Å². The second kappa shape index (κ2) is 4.56. The highest BCUT2D eigenvalue weighted by atomic mass is 16.7. The van der Waals surface area contributed by atoms with E-state index in [1.54, 1.807) is 6.92 Å². The number of hydrogen-bond donors (Lipinski definition) is 1. The van der Waals surface area contributed by atoms with Crippen molar-refractivity contribution in [2.24, 2.45) is 16.7 Å². The van der Waals surface area contributed by atoms with Crippen LogP contribution in [0.3, 0.4) is 0 Å². The lowest BCUT2D eigenvalue weighted by Crippen LogP contribution is -2.56. The molecular formula is C17H14N4O2. The Labute approximate surface area is 134 Å². The van der Waals surface area contributed by atoms with Crippen molar-refractivity contribution in [2.45, 2.75) is 19.6 Å². The first-order valence-corrected chi connectivity index (χ1v) is 7.15. The maximum absolute atomic E-state index is 9.78. The molecule has 6 heteroatoms. The molecule has 23 heavy (non-hydrogen) atoms. The van der Waals surface area contributed by atoms with E-state index in [1.165, 1.54) is 0 Å². The standard InChI is InChI=1S/C17H14N4O2/c1-11-3-5-13(6-4-11)17-12(2)16(9-20,14(21)23-17)15(7-18,8-19)10-22-17/h3-6,12,21H,10H2,1-2H3. The number of aryl methyl sites for hydroxylation is 1. The molecule has 1 N–H and O–H groups in total. The van der Waals surface area contributed by atoms with Gasteiger partial charge in [-0.15, -0.1) is 0 Å². The minimum absolute atomic E-state index is 0.284. The van der Waals surface area contributed by atoms with Crippen LogP contribution in [0.2, 0.25) is 0 Å². The van der Waals surface area contributed by atoms with E-state index >= 15 is 0 Å². The fourth-order valence-electron chi connectivity index (χ4n) is 3.54. The first-order valence-electron chi connectivity index (χ1n) is 7.15. The smallest absolute Gasteiger partial charge is 0.243 e. The zero-order valence-corrected chi connectivity index (χ0v) is 12.8. The van der Waals surface area contributed by atoms with Crippen LogP contribution in [0.4, 0.5) is 0 Å². The van der Waals surface area contributed by atoms with E-state index in [9.17, 15) is 15.8 Å². The molecule has 0 aromatic heterocycles. The van der Waals surface area contributed by atoms with Crippen molar-refractivity contribution in [3.8, 4) is 18.2 Å². The Balaban J connectivity index is 2.23. The number of nitrogens with one attached hydrogen (secondary N) is 1. The fourth-order valence-corrected chi connectivity index (χ4v) is 3.54. The van der Waals surface area contributed by atoms with Crippen LogP contribution in [0.5, 0.6) is 0 Å². The topological polar surface area (TPSA) is 114 Å². The van der Waals surface area contributed by atoms with E-state index in [0.29, 0.717) is 5.56 Å². The minimum Gasteiger partial charge on any atom is -0.443 e. The van der Waals surface area contributed by atoms with Crippen LogP contribution in [-0.2, 0) is 15.3 Å². The summed E-state index contributed by atoms with van der Waals surface area (Å²) in [5.74, 6) is -2.38. The van der Waals surface area contributed by atoms with Gasteiger partial charge in [0.25, 0.3) is 0 Å². The summed E-state index contributed by atoms with van der Waals surface area (Å²) in [5.41, 5.74) is -1.69. The average Bonchev–Trinajstić information content (AvgIpc) is 2.72. The second-order valence-electron chi connectivity index (χ2n) is 6.02. The highest BCUT2D eigenvalue weighted by molar-refractivity contribution is 5.89. The summed E-state index contributed by atoms with van der Waals surface area (Å²) in [6, 6.07) is 13.2. The van der Waals surface area contributed by atoms with Crippen LogP contribution >= 0.6 is 0 Å². The quantitative estimate of drug-likeness (QED) is 0.855. The Morgan fingerprint density at radius 1 is 1.13 bits per heavy atom. The molecule has 2 saturated heterocycles. The van der Waals surface area contributed by atoms with Gasteiger partial charge < -0.3 is 9.47 Å². The van der Waals surface area contributed by atoms with Gasteiger partial charge in [-0.3, -0.25) is 5.41 Å². The Hall–Kier alpha value is -2.88. The van der Waals surface area contributed by atoms with Gasteiger partial charge in [0.2, 0.25) is 11.7 Å². The molecule has 0 radical (unpaired) electrons. The average molecular weight is 306 g/mol. The molecule has 2 bridgehead atoms. The van der Waals surface area contributed by atoms with Gasteiger partial charge in [-0.2, -0.15) is 15.8 Å². The molecule has 6 nitrogen and oxygen atoms in total. The molecule has 3 unspecified atom stereocenters. The van der Waals surface area contributed by atoms with Crippen LogP contribution in [0.15, 0.2) is 24.3 Å².